The molecule has 0 unspecified atom stereocenters. The molecule has 0 aliphatic carbocycles. The Labute approximate surface area is 295 Å². The average Bonchev–Trinajstić information content (AvgIpc) is 2.94. The van der Waals surface area contributed by atoms with E-state index in [0.29, 0.717) is 36.7 Å². The molecule has 13 nitrogen and oxygen atoms in total. The fourth-order valence-electron chi connectivity index (χ4n) is 3.24. The Hall–Kier alpha value is -2.14. The van der Waals surface area contributed by atoms with E-state index < -0.39 is 5.09 Å². The molecule has 0 aliphatic rings. The molecule has 0 saturated heterocycles. The summed E-state index contributed by atoms with van der Waals surface area (Å²) >= 11 is 18.2. The maximum absolute atomic E-state index is 11.8. The molecule has 0 radical (unpaired) electrons. The van der Waals surface area contributed by atoms with Crippen molar-refractivity contribution in [2.24, 2.45) is 9.98 Å². The van der Waals surface area contributed by atoms with E-state index in [9.17, 15) is 10.2 Å². The number of nitrogens with one attached hydrogen (secondary N) is 1. The second kappa shape index (κ2) is 28.3. The minimum atomic E-state index is -1.75. The van der Waals surface area contributed by atoms with Gasteiger partial charge < -0.3 is 46.4 Å². The van der Waals surface area contributed by atoms with Crippen LogP contribution in [0.3, 0.4) is 0 Å². The van der Waals surface area contributed by atoms with Crippen LogP contribution in [0.15, 0.2) is 43.2 Å². The van der Waals surface area contributed by atoms with Gasteiger partial charge in [-0.25, -0.2) is 0 Å². The van der Waals surface area contributed by atoms with Crippen molar-refractivity contribution in [3.63, 3.8) is 0 Å². The van der Waals surface area contributed by atoms with Gasteiger partial charge in [0, 0.05) is 38.0 Å². The Kier molecular flexibility index (Phi) is 29.8. The van der Waals surface area contributed by atoms with Crippen molar-refractivity contribution >= 4 is 67.5 Å². The van der Waals surface area contributed by atoms with Gasteiger partial charge in [-0.05, 0) is 62.3 Å². The summed E-state index contributed by atoms with van der Waals surface area (Å²) in [6.07, 6.45) is 3.21. The van der Waals surface area contributed by atoms with Crippen molar-refractivity contribution in [3.8, 4) is 11.5 Å². The number of benzene rings is 2. The molecule has 246 valence electrons. The Bertz CT molecular complexity index is 1120. The molecule has 0 bridgehead atoms. The van der Waals surface area contributed by atoms with Gasteiger partial charge in [0.15, 0.2) is 0 Å². The van der Waals surface area contributed by atoms with E-state index in [1.165, 1.54) is 9.81 Å². The first-order chi connectivity index (χ1) is 20.3. The van der Waals surface area contributed by atoms with Crippen molar-refractivity contribution in [2.75, 3.05) is 52.4 Å². The third-order valence-electron chi connectivity index (χ3n) is 5.57. The van der Waals surface area contributed by atoms with Crippen LogP contribution in [-0.4, -0.2) is 74.8 Å². The van der Waals surface area contributed by atoms with Gasteiger partial charge in [0.1, 0.15) is 0 Å². The number of rotatable bonds is 12. The van der Waals surface area contributed by atoms with E-state index in [0.717, 1.165) is 45.8 Å². The van der Waals surface area contributed by atoms with E-state index in [1.54, 1.807) is 36.7 Å². The number of nitrogens with zero attached hydrogens (tertiary/aromatic N) is 7. The first-order valence-electron chi connectivity index (χ1n) is 13.0. The standard InChI is InChI=1S/2C13H18BrClN2O.Co.N3.NO3/c2*1-3-17(4-2)6-5-16-9-10-7-11(15)8-12(14)13(10)18;;1-3-2;2-1(3)4/h2*7-9,18H,3-6H2,1-2H3;;;/q;;+3;2*-1/p-1. The van der Waals surface area contributed by atoms with Crippen LogP contribution in [0.5, 0.6) is 11.5 Å². The second-order valence-corrected chi connectivity index (χ2v) is 10.8. The van der Waals surface area contributed by atoms with E-state index in [1.807, 2.05) is 0 Å². The summed E-state index contributed by atoms with van der Waals surface area (Å²) in [4.78, 5) is 22.1. The summed E-state index contributed by atoms with van der Waals surface area (Å²) in [5, 5.41) is 39.3. The van der Waals surface area contributed by atoms with Crippen LogP contribution < -0.4 is 15.1 Å². The first kappa shape index (κ1) is 46.3. The second-order valence-electron chi connectivity index (χ2n) is 8.23. The van der Waals surface area contributed by atoms with Gasteiger partial charge >= 0.3 is 16.8 Å². The smallest absolute Gasteiger partial charge is 0.871 e. The molecule has 18 heteroatoms. The molecule has 0 aliphatic heterocycles. The Morgan fingerprint density at radius 3 is 1.59 bits per heavy atom. The third-order valence-corrected chi connectivity index (χ3v) is 7.18. The van der Waals surface area contributed by atoms with Crippen molar-refractivity contribution in [1.29, 1.82) is 0 Å². The summed E-state index contributed by atoms with van der Waals surface area (Å²) < 4.78 is 0.950. The van der Waals surface area contributed by atoms with Crippen LogP contribution >= 0.6 is 55.1 Å². The summed E-state index contributed by atoms with van der Waals surface area (Å²) in [7, 11) is 0. The van der Waals surface area contributed by atoms with Crippen molar-refractivity contribution in [1.82, 2.24) is 4.90 Å². The van der Waals surface area contributed by atoms with Gasteiger partial charge in [-0.1, -0.05) is 80.4 Å². The molecule has 1 N–H and O–H groups in total. The summed E-state index contributed by atoms with van der Waals surface area (Å²) in [5.74, 6) is -0.149. The third kappa shape index (κ3) is 22.4. The minimum absolute atomic E-state index is 0. The maximum atomic E-state index is 11.8. The minimum Gasteiger partial charge on any atom is -0.871 e. The van der Waals surface area contributed by atoms with Crippen molar-refractivity contribution in [3.05, 3.63) is 85.7 Å². The largest absolute Gasteiger partial charge is 3.00 e. The maximum Gasteiger partial charge on any atom is 3.00 e. The molecule has 0 atom stereocenters. The Morgan fingerprint density at radius 2 is 1.25 bits per heavy atom. The number of hydrogen-bond acceptors (Lipinski definition) is 8. The Morgan fingerprint density at radius 1 is 0.886 bits per heavy atom. The number of aliphatic imine (C=N–C) groups is 2. The first-order valence-corrected chi connectivity index (χ1v) is 15.3. The number of likely N-dealkylation sites (N-methyl/N-ethyl adjacent to an activating group) is 2. The van der Waals surface area contributed by atoms with Crippen LogP contribution in [0.4, 0.5) is 0 Å². The van der Waals surface area contributed by atoms with Gasteiger partial charge in [0.2, 0.25) is 0 Å². The van der Waals surface area contributed by atoms with E-state index in [-0.39, 0.29) is 28.3 Å². The molecule has 2 aromatic rings. The van der Waals surface area contributed by atoms with Gasteiger partial charge in [-0.2, -0.15) is 0 Å². The predicted molar refractivity (Wildman–Crippen MR) is 177 cm³/mol. The van der Waals surface area contributed by atoms with Crippen LogP contribution in [-0.2, 0) is 16.8 Å². The molecule has 0 spiro atoms. The van der Waals surface area contributed by atoms with Gasteiger partial charge in [-0.3, -0.25) is 14.9 Å². The van der Waals surface area contributed by atoms with Crippen LogP contribution in [0, 0.1) is 15.3 Å². The fourth-order valence-corrected chi connectivity index (χ4v) is 4.91. The predicted octanol–water partition coefficient (Wildman–Crippen LogP) is 5.08. The topological polar surface area (TPSA) is 203 Å². The quantitative estimate of drug-likeness (QED) is 0.0771. The zero-order chi connectivity index (χ0) is 33.4. The molecule has 2 aromatic carbocycles. The Balaban J connectivity index is -0.000000618. The van der Waals surface area contributed by atoms with Crippen LogP contribution in [0.2, 0.25) is 10.0 Å². The average molecular weight is 829 g/mol. The monoisotopic (exact) mass is 826 g/mol. The van der Waals surface area contributed by atoms with Gasteiger partial charge in [0.25, 0.3) is 0 Å². The molecule has 44 heavy (non-hydrogen) atoms. The fraction of sp³-hybridized carbons (Fsp3) is 0.462. The molecule has 0 saturated carbocycles. The van der Waals surface area contributed by atoms with Crippen molar-refractivity contribution in [2.45, 2.75) is 27.7 Å². The number of quaternary nitrogens is 1. The SMILES string of the molecule is CCN(CC)CCN=Cc1cc(Cl)cc(Br)c1[O-].CC[NH+](CC)CCN=Cc1cc(Cl)cc(Br)c1[O-].O=[N+]([O-])[O-].[Co+3].[N-]=[N+]=[N-]. The van der Waals surface area contributed by atoms with Gasteiger partial charge in [0.05, 0.1) is 37.8 Å². The number of halogens is 4. The summed E-state index contributed by atoms with van der Waals surface area (Å²) in [6.45, 7) is 16.1. The van der Waals surface area contributed by atoms with Crippen LogP contribution in [0.25, 0.3) is 16.0 Å². The zero-order valence-electron chi connectivity index (χ0n) is 24.6. The zero-order valence-corrected chi connectivity index (χ0v) is 30.4. The van der Waals surface area contributed by atoms with Gasteiger partial charge in [-0.15, -0.1) is 0 Å². The van der Waals surface area contributed by atoms with E-state index >= 15 is 0 Å². The van der Waals surface area contributed by atoms with E-state index in [2.05, 4.69) is 74.4 Å². The summed E-state index contributed by atoms with van der Waals surface area (Å²) in [5.41, 5.74) is 14.6. The number of hydrogen-bond donors (Lipinski definition) is 1. The molecule has 0 aromatic heterocycles. The molecular formula is C26H35Br2Cl2CoN8O5. The molecule has 0 fully saturated rings. The molecule has 2 rings (SSSR count). The normalized spacial score (nSPS) is 10.2. The summed E-state index contributed by atoms with van der Waals surface area (Å²) in [6, 6.07) is 6.47. The molecule has 0 amide bonds. The van der Waals surface area contributed by atoms with Crippen molar-refractivity contribution < 1.29 is 37.0 Å². The molecule has 0 heterocycles. The van der Waals surface area contributed by atoms with Crippen LogP contribution in [0.1, 0.15) is 38.8 Å². The molecular weight excluding hydrogens is 794 g/mol. The van der Waals surface area contributed by atoms with E-state index in [4.69, 9.17) is 49.6 Å².